The second-order valence-electron chi connectivity index (χ2n) is 8.73. The first-order chi connectivity index (χ1) is 18.1. The summed E-state index contributed by atoms with van der Waals surface area (Å²) in [7, 11) is 0. The first-order valence-electron chi connectivity index (χ1n) is 12.0. The molecule has 2 amide bonds. The lowest BCUT2D eigenvalue weighted by atomic mass is 10.1. The minimum atomic E-state index is -0.0773. The van der Waals surface area contributed by atoms with E-state index in [4.69, 9.17) is 4.42 Å². The fourth-order valence-electron chi connectivity index (χ4n) is 4.32. The third kappa shape index (κ3) is 6.02. The standard InChI is InChI=1S/C27H26N6O3S/c28-16-20-4-1-2-6-24(20)32-13-11-31(12-14-32)18-25(34)29-21-7-9-22(10-8-21)30-27-33(26(35)19-37-27)17-23-5-3-15-36-23/h1-10,15H,11-14,17-19H2,(H,29,34). The lowest BCUT2D eigenvalue weighted by Crippen LogP contribution is -2.48. The lowest BCUT2D eigenvalue weighted by Gasteiger charge is -2.36. The molecule has 0 aliphatic carbocycles. The van der Waals surface area contributed by atoms with Gasteiger partial charge in [0.15, 0.2) is 5.17 Å². The lowest BCUT2D eigenvalue weighted by molar-refractivity contribution is -0.124. The summed E-state index contributed by atoms with van der Waals surface area (Å²) in [6.07, 6.45) is 1.59. The molecule has 0 bridgehead atoms. The normalized spacial score (nSPS) is 17.3. The number of anilines is 2. The van der Waals surface area contributed by atoms with Crippen LogP contribution >= 0.6 is 11.8 Å². The summed E-state index contributed by atoms with van der Waals surface area (Å²) in [5, 5.41) is 12.9. The molecule has 2 aliphatic heterocycles. The number of nitrogens with zero attached hydrogens (tertiary/aromatic N) is 5. The topological polar surface area (TPSA) is 105 Å². The van der Waals surface area contributed by atoms with Crippen molar-refractivity contribution in [1.29, 1.82) is 5.26 Å². The Bertz CT molecular complexity index is 1320. The van der Waals surface area contributed by atoms with Crippen molar-refractivity contribution < 1.29 is 14.0 Å². The van der Waals surface area contributed by atoms with Crippen LogP contribution in [-0.4, -0.2) is 65.3 Å². The maximum atomic E-state index is 12.6. The molecule has 0 radical (unpaired) electrons. The fraction of sp³-hybridized carbons (Fsp3) is 0.259. The maximum Gasteiger partial charge on any atom is 0.239 e. The van der Waals surface area contributed by atoms with Crippen LogP contribution in [0.1, 0.15) is 11.3 Å². The van der Waals surface area contributed by atoms with Gasteiger partial charge in [-0.15, -0.1) is 0 Å². The number of furan rings is 1. The van der Waals surface area contributed by atoms with Crippen LogP contribution in [0, 0.1) is 11.3 Å². The predicted octanol–water partition coefficient (Wildman–Crippen LogP) is 3.68. The molecular formula is C27H26N6O3S. The molecule has 2 fully saturated rings. The second-order valence-corrected chi connectivity index (χ2v) is 9.67. The number of nitriles is 1. The number of aliphatic imine (C=N–C) groups is 1. The van der Waals surface area contributed by atoms with Crippen molar-refractivity contribution in [3.63, 3.8) is 0 Å². The van der Waals surface area contributed by atoms with Gasteiger partial charge in [0.25, 0.3) is 0 Å². The maximum absolute atomic E-state index is 12.6. The van der Waals surface area contributed by atoms with Crippen molar-refractivity contribution in [3.8, 4) is 6.07 Å². The first kappa shape index (κ1) is 24.6. The molecule has 2 aliphatic rings. The van der Waals surface area contributed by atoms with Gasteiger partial charge in [-0.25, -0.2) is 4.99 Å². The smallest absolute Gasteiger partial charge is 0.239 e. The monoisotopic (exact) mass is 514 g/mol. The van der Waals surface area contributed by atoms with Gasteiger partial charge in [-0.05, 0) is 48.5 Å². The third-order valence-corrected chi connectivity index (χ3v) is 7.19. The van der Waals surface area contributed by atoms with Gasteiger partial charge in [-0.3, -0.25) is 19.4 Å². The molecule has 2 aromatic carbocycles. The van der Waals surface area contributed by atoms with Gasteiger partial charge in [-0.1, -0.05) is 23.9 Å². The average molecular weight is 515 g/mol. The van der Waals surface area contributed by atoms with Crippen LogP contribution in [-0.2, 0) is 16.1 Å². The van der Waals surface area contributed by atoms with Gasteiger partial charge in [0.2, 0.25) is 11.8 Å². The molecule has 0 spiro atoms. The predicted molar refractivity (Wildman–Crippen MR) is 144 cm³/mol. The van der Waals surface area contributed by atoms with E-state index in [1.165, 1.54) is 11.8 Å². The van der Waals surface area contributed by atoms with Crippen molar-refractivity contribution >= 4 is 45.8 Å². The van der Waals surface area contributed by atoms with Gasteiger partial charge in [0, 0.05) is 31.9 Å². The van der Waals surface area contributed by atoms with Crippen LogP contribution < -0.4 is 10.2 Å². The number of thioether (sulfide) groups is 1. The number of piperazine rings is 1. The third-order valence-electron chi connectivity index (χ3n) is 6.23. The van der Waals surface area contributed by atoms with Crippen LogP contribution in [0.3, 0.4) is 0 Å². The van der Waals surface area contributed by atoms with Crippen molar-refractivity contribution in [2.75, 3.05) is 48.7 Å². The van der Waals surface area contributed by atoms with Gasteiger partial charge in [-0.2, -0.15) is 5.26 Å². The molecule has 3 heterocycles. The molecule has 0 unspecified atom stereocenters. The van der Waals surface area contributed by atoms with Crippen LogP contribution in [0.2, 0.25) is 0 Å². The molecule has 1 N–H and O–H groups in total. The van der Waals surface area contributed by atoms with Gasteiger partial charge < -0.3 is 14.6 Å². The zero-order chi connectivity index (χ0) is 25.6. The highest BCUT2D eigenvalue weighted by atomic mass is 32.2. The quantitative estimate of drug-likeness (QED) is 0.513. The van der Waals surface area contributed by atoms with Crippen LogP contribution in [0.5, 0.6) is 0 Å². The van der Waals surface area contributed by atoms with E-state index in [2.05, 4.69) is 26.2 Å². The number of benzene rings is 2. The number of para-hydroxylation sites is 1. The van der Waals surface area contributed by atoms with E-state index in [0.29, 0.717) is 46.7 Å². The van der Waals surface area contributed by atoms with E-state index in [1.807, 2.05) is 54.6 Å². The first-order valence-corrected chi connectivity index (χ1v) is 13.0. The Morgan fingerprint density at radius 2 is 1.84 bits per heavy atom. The van der Waals surface area contributed by atoms with E-state index in [9.17, 15) is 14.9 Å². The highest BCUT2D eigenvalue weighted by Gasteiger charge is 2.29. The largest absolute Gasteiger partial charge is 0.467 e. The number of carbonyl (C=O) groups excluding carboxylic acids is 2. The Kier molecular flexibility index (Phi) is 7.54. The number of hydrogen-bond donors (Lipinski definition) is 1. The van der Waals surface area contributed by atoms with Crippen LogP contribution in [0.15, 0.2) is 76.3 Å². The van der Waals surface area contributed by atoms with E-state index in [0.717, 1.165) is 31.9 Å². The van der Waals surface area contributed by atoms with E-state index >= 15 is 0 Å². The number of hydrogen-bond acceptors (Lipinski definition) is 8. The molecular weight excluding hydrogens is 488 g/mol. The molecule has 10 heteroatoms. The van der Waals surface area contributed by atoms with E-state index in [1.54, 1.807) is 17.2 Å². The minimum Gasteiger partial charge on any atom is -0.467 e. The zero-order valence-corrected chi connectivity index (χ0v) is 21.0. The number of amides is 2. The molecule has 1 aromatic heterocycles. The Morgan fingerprint density at radius 3 is 2.57 bits per heavy atom. The number of rotatable bonds is 7. The van der Waals surface area contributed by atoms with E-state index < -0.39 is 0 Å². The van der Waals surface area contributed by atoms with Crippen molar-refractivity contribution in [1.82, 2.24) is 9.80 Å². The molecule has 188 valence electrons. The molecule has 2 saturated heterocycles. The SMILES string of the molecule is N#Cc1ccccc1N1CCN(CC(=O)Nc2ccc(N=C3SCC(=O)N3Cc3ccco3)cc2)CC1. The summed E-state index contributed by atoms with van der Waals surface area (Å²) in [5.74, 6) is 0.980. The highest BCUT2D eigenvalue weighted by Crippen LogP contribution is 2.26. The number of carbonyl (C=O) groups is 2. The molecule has 9 nitrogen and oxygen atoms in total. The van der Waals surface area contributed by atoms with Gasteiger partial charge in [0.05, 0.1) is 42.0 Å². The molecule has 3 aromatic rings. The van der Waals surface area contributed by atoms with Crippen molar-refractivity contribution in [2.24, 2.45) is 4.99 Å². The summed E-state index contributed by atoms with van der Waals surface area (Å²) in [6, 6.07) is 20.8. The van der Waals surface area contributed by atoms with E-state index in [-0.39, 0.29) is 11.8 Å². The Balaban J connectivity index is 1.13. The molecule has 0 saturated carbocycles. The second kappa shape index (κ2) is 11.3. The molecule has 37 heavy (non-hydrogen) atoms. The van der Waals surface area contributed by atoms with Crippen molar-refractivity contribution in [3.05, 3.63) is 78.3 Å². The average Bonchev–Trinajstić information content (AvgIpc) is 3.56. The fourth-order valence-corrected chi connectivity index (χ4v) is 5.22. The number of amidine groups is 1. The summed E-state index contributed by atoms with van der Waals surface area (Å²) in [4.78, 5) is 35.5. The van der Waals surface area contributed by atoms with Crippen LogP contribution in [0.25, 0.3) is 0 Å². The summed E-state index contributed by atoms with van der Waals surface area (Å²) in [6.45, 7) is 3.67. The summed E-state index contributed by atoms with van der Waals surface area (Å²) in [5.41, 5.74) is 3.01. The zero-order valence-electron chi connectivity index (χ0n) is 20.2. The number of nitrogens with one attached hydrogen (secondary N) is 1. The molecule has 0 atom stereocenters. The summed E-state index contributed by atoms with van der Waals surface area (Å²) < 4.78 is 5.37. The van der Waals surface area contributed by atoms with Gasteiger partial charge in [0.1, 0.15) is 11.8 Å². The Morgan fingerprint density at radius 1 is 1.05 bits per heavy atom. The van der Waals surface area contributed by atoms with Gasteiger partial charge >= 0.3 is 0 Å². The highest BCUT2D eigenvalue weighted by molar-refractivity contribution is 8.15. The minimum absolute atomic E-state index is 0.000797. The Labute approximate surface area is 219 Å². The molecule has 5 rings (SSSR count). The summed E-state index contributed by atoms with van der Waals surface area (Å²) >= 11 is 1.40. The Hall–Kier alpha value is -4.07. The van der Waals surface area contributed by atoms with Crippen LogP contribution in [0.4, 0.5) is 17.1 Å². The van der Waals surface area contributed by atoms with Crippen molar-refractivity contribution in [2.45, 2.75) is 6.54 Å².